The van der Waals surface area contributed by atoms with Gasteiger partial charge in [-0.15, -0.1) is 0 Å². The zero-order chi connectivity index (χ0) is 19.8. The van der Waals surface area contributed by atoms with Crippen LogP contribution in [0.1, 0.15) is 33.1 Å². The number of sulfone groups is 1. The average molecular weight is 415 g/mol. The molecule has 150 valence electrons. The summed E-state index contributed by atoms with van der Waals surface area (Å²) in [5.41, 5.74) is 0. The molecule has 3 aliphatic rings. The molecule has 0 aromatic carbocycles. The lowest BCUT2D eigenvalue weighted by molar-refractivity contribution is -0.138. The smallest absolute Gasteiger partial charge is 0.242 e. The van der Waals surface area contributed by atoms with Crippen molar-refractivity contribution in [3.63, 3.8) is 0 Å². The molecule has 1 aliphatic carbocycles. The minimum absolute atomic E-state index is 0.0168. The number of allylic oxidation sites excluding steroid dienone is 1. The van der Waals surface area contributed by atoms with Crippen LogP contribution >= 0.6 is 11.8 Å². The summed E-state index contributed by atoms with van der Waals surface area (Å²) in [6, 6.07) is -0.337. The molecule has 0 radical (unpaired) electrons. The van der Waals surface area contributed by atoms with Crippen LogP contribution in [0.3, 0.4) is 0 Å². The normalized spacial score (nSPS) is 26.2. The zero-order valence-electron chi connectivity index (χ0n) is 15.7. The molecule has 3 fully saturated rings. The number of hydrogen-bond acceptors (Lipinski definition) is 6. The van der Waals surface area contributed by atoms with E-state index in [1.807, 2.05) is 13.8 Å². The molecule has 2 aliphatic heterocycles. The van der Waals surface area contributed by atoms with Crippen LogP contribution in [0.15, 0.2) is 11.1 Å². The number of carbonyl (C=O) groups excluding carboxylic acids is 3. The summed E-state index contributed by atoms with van der Waals surface area (Å²) in [5, 5.41) is 0.536. The van der Waals surface area contributed by atoms with Crippen molar-refractivity contribution in [2.45, 2.75) is 39.2 Å². The number of hydrogen-bond donors (Lipinski definition) is 0. The van der Waals surface area contributed by atoms with Gasteiger partial charge in [-0.05, 0) is 25.2 Å². The third kappa shape index (κ3) is 5.13. The van der Waals surface area contributed by atoms with E-state index >= 15 is 0 Å². The Bertz CT molecular complexity index is 771. The number of nitrogens with zero attached hydrogens (tertiary/aromatic N) is 2. The lowest BCUT2D eigenvalue weighted by Gasteiger charge is -2.31. The van der Waals surface area contributed by atoms with Crippen molar-refractivity contribution in [2.75, 3.05) is 30.3 Å². The predicted molar refractivity (Wildman–Crippen MR) is 104 cm³/mol. The van der Waals surface area contributed by atoms with Crippen LogP contribution in [-0.2, 0) is 24.2 Å². The number of rotatable bonds is 7. The highest BCUT2D eigenvalue weighted by Crippen LogP contribution is 2.34. The highest BCUT2D eigenvalue weighted by atomic mass is 32.2. The molecule has 0 aromatic rings. The van der Waals surface area contributed by atoms with Gasteiger partial charge >= 0.3 is 0 Å². The van der Waals surface area contributed by atoms with Gasteiger partial charge in [-0.1, -0.05) is 25.6 Å². The molecule has 0 spiro atoms. The molecular weight excluding hydrogens is 388 g/mol. The van der Waals surface area contributed by atoms with Crippen molar-refractivity contribution >= 4 is 39.2 Å². The van der Waals surface area contributed by atoms with Crippen molar-refractivity contribution in [1.82, 2.24) is 9.80 Å². The molecule has 7 nitrogen and oxygen atoms in total. The van der Waals surface area contributed by atoms with Crippen LogP contribution in [0.25, 0.3) is 0 Å². The highest BCUT2D eigenvalue weighted by molar-refractivity contribution is 8.04. The molecule has 0 aromatic heterocycles. The SMILES string of the molecule is CC(C)CN(C(=O)CN1C(=O)CS/C1=C\C(=O)C1CC1)[C@H]1CCS(=O)(=O)C1. The molecule has 1 atom stereocenters. The maximum atomic E-state index is 13.0. The molecule has 2 amide bonds. The standard InChI is InChI=1S/C18H26N2O5S2/c1-12(2)8-19(14-5-6-27(24,25)11-14)16(22)9-20-17(23)10-26-18(20)7-15(21)13-3-4-13/h7,12-14H,3-6,8-11H2,1-2H3/b18-7-/t14-/m0/s1. The average Bonchev–Trinajstić information content (AvgIpc) is 3.30. The Hall–Kier alpha value is -1.35. The first kappa shape index (κ1) is 20.4. The lowest BCUT2D eigenvalue weighted by atomic mass is 10.1. The van der Waals surface area contributed by atoms with E-state index in [1.54, 1.807) is 4.90 Å². The Morgan fingerprint density at radius 1 is 1.30 bits per heavy atom. The van der Waals surface area contributed by atoms with Crippen molar-refractivity contribution in [2.24, 2.45) is 11.8 Å². The largest absolute Gasteiger partial charge is 0.337 e. The number of carbonyl (C=O) groups is 3. The second-order valence-corrected chi connectivity index (χ2v) is 11.1. The topological polar surface area (TPSA) is 91.8 Å². The van der Waals surface area contributed by atoms with Crippen LogP contribution in [0, 0.1) is 11.8 Å². The van der Waals surface area contributed by atoms with Gasteiger partial charge in [-0.3, -0.25) is 19.3 Å². The summed E-state index contributed by atoms with van der Waals surface area (Å²) in [7, 11) is -3.11. The fourth-order valence-electron chi connectivity index (χ4n) is 3.40. The van der Waals surface area contributed by atoms with E-state index in [0.717, 1.165) is 12.8 Å². The number of ketones is 1. The van der Waals surface area contributed by atoms with Crippen LogP contribution in [0.2, 0.25) is 0 Å². The molecule has 2 heterocycles. The van der Waals surface area contributed by atoms with E-state index in [1.165, 1.54) is 22.7 Å². The van der Waals surface area contributed by atoms with Crippen molar-refractivity contribution in [1.29, 1.82) is 0 Å². The Morgan fingerprint density at radius 3 is 2.56 bits per heavy atom. The van der Waals surface area contributed by atoms with E-state index < -0.39 is 9.84 Å². The molecule has 3 rings (SSSR count). The molecule has 0 N–H and O–H groups in total. The first-order valence-corrected chi connectivity index (χ1v) is 12.2. The predicted octanol–water partition coefficient (Wildman–Crippen LogP) is 1.05. The fraction of sp³-hybridized carbons (Fsp3) is 0.722. The van der Waals surface area contributed by atoms with Gasteiger partial charge in [0.25, 0.3) is 0 Å². The summed E-state index contributed by atoms with van der Waals surface area (Å²) in [4.78, 5) is 40.3. The van der Waals surface area contributed by atoms with Gasteiger partial charge in [0.15, 0.2) is 15.6 Å². The first-order valence-electron chi connectivity index (χ1n) is 9.35. The third-order valence-electron chi connectivity index (χ3n) is 4.98. The maximum Gasteiger partial charge on any atom is 0.242 e. The minimum Gasteiger partial charge on any atom is -0.337 e. The van der Waals surface area contributed by atoms with Crippen LogP contribution in [0.4, 0.5) is 0 Å². The Morgan fingerprint density at radius 2 is 2.00 bits per heavy atom. The van der Waals surface area contributed by atoms with Gasteiger partial charge in [0.05, 0.1) is 22.3 Å². The maximum absolute atomic E-state index is 13.0. The summed E-state index contributed by atoms with van der Waals surface area (Å²) in [6.45, 7) is 4.26. The Labute approximate surface area is 164 Å². The lowest BCUT2D eigenvalue weighted by Crippen LogP contribution is -2.47. The number of amides is 2. The summed E-state index contributed by atoms with van der Waals surface area (Å²) in [6.07, 6.45) is 3.70. The van der Waals surface area contributed by atoms with Crippen molar-refractivity contribution < 1.29 is 22.8 Å². The van der Waals surface area contributed by atoms with E-state index in [-0.39, 0.29) is 59.3 Å². The Kier molecular flexibility index (Phi) is 6.00. The fourth-order valence-corrected chi connectivity index (χ4v) is 6.08. The second kappa shape index (κ2) is 7.95. The summed E-state index contributed by atoms with van der Waals surface area (Å²) >= 11 is 1.28. The van der Waals surface area contributed by atoms with E-state index in [0.29, 0.717) is 18.0 Å². The van der Waals surface area contributed by atoms with Gasteiger partial charge < -0.3 is 4.90 Å². The van der Waals surface area contributed by atoms with Crippen molar-refractivity contribution in [3.8, 4) is 0 Å². The van der Waals surface area contributed by atoms with Gasteiger partial charge in [-0.2, -0.15) is 0 Å². The molecule has 0 unspecified atom stereocenters. The van der Waals surface area contributed by atoms with Gasteiger partial charge in [-0.25, -0.2) is 8.42 Å². The quantitative estimate of drug-likeness (QED) is 0.579. The van der Waals surface area contributed by atoms with Gasteiger partial charge in [0.2, 0.25) is 11.8 Å². The molecule has 27 heavy (non-hydrogen) atoms. The van der Waals surface area contributed by atoms with Crippen LogP contribution < -0.4 is 0 Å². The monoisotopic (exact) mass is 414 g/mol. The zero-order valence-corrected chi connectivity index (χ0v) is 17.4. The van der Waals surface area contributed by atoms with E-state index in [4.69, 9.17) is 0 Å². The van der Waals surface area contributed by atoms with E-state index in [2.05, 4.69) is 0 Å². The minimum atomic E-state index is -3.11. The summed E-state index contributed by atoms with van der Waals surface area (Å²) < 4.78 is 23.7. The molecule has 2 saturated heterocycles. The van der Waals surface area contributed by atoms with Gasteiger partial charge in [0.1, 0.15) is 6.54 Å². The molecule has 9 heteroatoms. The van der Waals surface area contributed by atoms with Crippen LogP contribution in [-0.4, -0.2) is 72.2 Å². The number of thioether (sulfide) groups is 1. The summed E-state index contributed by atoms with van der Waals surface area (Å²) in [5.74, 6) is 0.124. The second-order valence-electron chi connectivity index (χ2n) is 7.92. The van der Waals surface area contributed by atoms with Crippen LogP contribution in [0.5, 0.6) is 0 Å². The Balaban J connectivity index is 1.73. The van der Waals surface area contributed by atoms with E-state index in [9.17, 15) is 22.8 Å². The molecular formula is C18H26N2O5S2. The third-order valence-corrected chi connectivity index (χ3v) is 7.76. The highest BCUT2D eigenvalue weighted by Gasteiger charge is 2.38. The first-order chi connectivity index (χ1) is 12.7. The molecule has 1 saturated carbocycles. The molecule has 0 bridgehead atoms. The van der Waals surface area contributed by atoms with Gasteiger partial charge in [0, 0.05) is 24.6 Å². The van der Waals surface area contributed by atoms with Crippen molar-refractivity contribution in [3.05, 3.63) is 11.1 Å².